The first-order valence-electron chi connectivity index (χ1n) is 5.20. The summed E-state index contributed by atoms with van der Waals surface area (Å²) in [6.07, 6.45) is 1.77. The van der Waals surface area contributed by atoms with Crippen LogP contribution in [0.15, 0.2) is 41.4 Å². The molecule has 0 amide bonds. The molecule has 1 aromatic carbocycles. The summed E-state index contributed by atoms with van der Waals surface area (Å²) in [6.45, 7) is 0. The van der Waals surface area contributed by atoms with E-state index < -0.39 is 0 Å². The Hall–Kier alpha value is -1.88. The summed E-state index contributed by atoms with van der Waals surface area (Å²) in [4.78, 5) is 5.13. The lowest BCUT2D eigenvalue weighted by atomic mass is 10.2. The average Bonchev–Trinajstić information content (AvgIpc) is 2.72. The number of aromatic hydroxyl groups is 1. The van der Waals surface area contributed by atoms with Crippen LogP contribution < -0.4 is 11.1 Å². The molecule has 17 heavy (non-hydrogen) atoms. The predicted molar refractivity (Wildman–Crippen MR) is 69.0 cm³/mol. The molecule has 5 heteroatoms. The number of rotatable bonds is 1. The van der Waals surface area contributed by atoms with Gasteiger partial charge in [0.05, 0.1) is 0 Å². The minimum atomic E-state index is 0.125. The summed E-state index contributed by atoms with van der Waals surface area (Å²) in [7, 11) is 0. The SMILES string of the molecule is Nc1ccc(C2Nc3ccc(O)cc3S2)cn1. The van der Waals surface area contributed by atoms with Crippen molar-refractivity contribution in [3.8, 4) is 5.75 Å². The van der Waals surface area contributed by atoms with Crippen LogP contribution in [0.25, 0.3) is 0 Å². The molecule has 4 nitrogen and oxygen atoms in total. The quantitative estimate of drug-likeness (QED) is 0.674. The van der Waals surface area contributed by atoms with Gasteiger partial charge in [-0.15, -0.1) is 0 Å². The fourth-order valence-electron chi connectivity index (χ4n) is 1.75. The van der Waals surface area contributed by atoms with E-state index in [1.165, 1.54) is 0 Å². The molecule has 1 atom stereocenters. The zero-order valence-electron chi connectivity index (χ0n) is 8.92. The van der Waals surface area contributed by atoms with Crippen molar-refractivity contribution in [3.05, 3.63) is 42.1 Å². The van der Waals surface area contributed by atoms with Gasteiger partial charge in [0.2, 0.25) is 0 Å². The number of phenols is 1. The molecule has 4 N–H and O–H groups in total. The van der Waals surface area contributed by atoms with Crippen LogP contribution in [-0.4, -0.2) is 10.1 Å². The number of nitrogens with zero attached hydrogens (tertiary/aromatic N) is 1. The maximum absolute atomic E-state index is 9.42. The highest BCUT2D eigenvalue weighted by Crippen LogP contribution is 2.47. The normalized spacial score (nSPS) is 17.5. The summed E-state index contributed by atoms with van der Waals surface area (Å²) in [5.41, 5.74) is 7.66. The van der Waals surface area contributed by atoms with Crippen molar-refractivity contribution < 1.29 is 5.11 Å². The Morgan fingerprint density at radius 3 is 2.94 bits per heavy atom. The number of benzene rings is 1. The van der Waals surface area contributed by atoms with E-state index in [-0.39, 0.29) is 11.1 Å². The second kappa shape index (κ2) is 3.85. The molecular formula is C12H11N3OS. The van der Waals surface area contributed by atoms with E-state index >= 15 is 0 Å². The first-order valence-corrected chi connectivity index (χ1v) is 6.08. The molecule has 86 valence electrons. The number of phenolic OH excluding ortho intramolecular Hbond substituents is 1. The van der Waals surface area contributed by atoms with E-state index in [9.17, 15) is 5.11 Å². The lowest BCUT2D eigenvalue weighted by molar-refractivity contribution is 0.474. The molecule has 1 aliphatic heterocycles. The van der Waals surface area contributed by atoms with Crippen LogP contribution in [0, 0.1) is 0 Å². The first-order chi connectivity index (χ1) is 8.22. The first kappa shape index (κ1) is 10.3. The molecule has 2 heterocycles. The topological polar surface area (TPSA) is 71.2 Å². The fourth-order valence-corrected chi connectivity index (χ4v) is 2.91. The highest BCUT2D eigenvalue weighted by Gasteiger charge is 2.23. The zero-order chi connectivity index (χ0) is 11.8. The molecule has 0 aliphatic carbocycles. The average molecular weight is 245 g/mol. The second-order valence-corrected chi connectivity index (χ2v) is 4.99. The lowest BCUT2D eigenvalue weighted by Crippen LogP contribution is -2.02. The fraction of sp³-hybridized carbons (Fsp3) is 0.0833. The van der Waals surface area contributed by atoms with Gasteiger partial charge in [0.15, 0.2) is 0 Å². The molecular weight excluding hydrogens is 234 g/mol. The van der Waals surface area contributed by atoms with Gasteiger partial charge in [0.25, 0.3) is 0 Å². The van der Waals surface area contributed by atoms with Gasteiger partial charge < -0.3 is 16.2 Å². The molecule has 3 rings (SSSR count). The second-order valence-electron chi connectivity index (χ2n) is 3.84. The number of aromatic nitrogens is 1. The number of hydrogen-bond donors (Lipinski definition) is 3. The number of pyridine rings is 1. The number of anilines is 2. The Morgan fingerprint density at radius 1 is 1.29 bits per heavy atom. The number of nitrogens with one attached hydrogen (secondary N) is 1. The van der Waals surface area contributed by atoms with Gasteiger partial charge in [-0.05, 0) is 24.3 Å². The van der Waals surface area contributed by atoms with Crippen LogP contribution in [0.3, 0.4) is 0 Å². The van der Waals surface area contributed by atoms with E-state index in [0.717, 1.165) is 16.1 Å². The van der Waals surface area contributed by atoms with Crippen molar-refractivity contribution in [2.45, 2.75) is 10.3 Å². The van der Waals surface area contributed by atoms with Gasteiger partial charge in [0, 0.05) is 22.3 Å². The van der Waals surface area contributed by atoms with Crippen molar-refractivity contribution in [3.63, 3.8) is 0 Å². The third-order valence-electron chi connectivity index (χ3n) is 2.61. The van der Waals surface area contributed by atoms with Crippen molar-refractivity contribution in [1.29, 1.82) is 0 Å². The molecule has 1 aromatic heterocycles. The van der Waals surface area contributed by atoms with E-state index in [0.29, 0.717) is 5.82 Å². The highest BCUT2D eigenvalue weighted by atomic mass is 32.2. The van der Waals surface area contributed by atoms with E-state index in [1.807, 2.05) is 12.1 Å². The number of nitrogen functional groups attached to an aromatic ring is 1. The molecule has 0 fully saturated rings. The van der Waals surface area contributed by atoms with Crippen LogP contribution in [0.1, 0.15) is 10.9 Å². The molecule has 0 spiro atoms. The van der Waals surface area contributed by atoms with E-state index in [1.54, 1.807) is 36.2 Å². The summed E-state index contributed by atoms with van der Waals surface area (Å²) in [5.74, 6) is 0.807. The third-order valence-corrected chi connectivity index (χ3v) is 3.83. The number of hydrogen-bond acceptors (Lipinski definition) is 5. The van der Waals surface area contributed by atoms with Gasteiger partial charge in [0.1, 0.15) is 16.9 Å². The smallest absolute Gasteiger partial charge is 0.123 e. The molecule has 0 radical (unpaired) electrons. The van der Waals surface area contributed by atoms with Gasteiger partial charge in [-0.1, -0.05) is 17.8 Å². The Morgan fingerprint density at radius 2 is 2.18 bits per heavy atom. The largest absolute Gasteiger partial charge is 0.508 e. The minimum absolute atomic E-state index is 0.125. The predicted octanol–water partition coefficient (Wildman–Crippen LogP) is 2.59. The third kappa shape index (κ3) is 1.89. The summed E-state index contributed by atoms with van der Waals surface area (Å²) in [5, 5.41) is 12.9. The summed E-state index contributed by atoms with van der Waals surface area (Å²) < 4.78 is 0. The van der Waals surface area contributed by atoms with Gasteiger partial charge >= 0.3 is 0 Å². The lowest BCUT2D eigenvalue weighted by Gasteiger charge is -2.09. The van der Waals surface area contributed by atoms with Crippen molar-refractivity contribution in [2.75, 3.05) is 11.1 Å². The van der Waals surface area contributed by atoms with Crippen LogP contribution >= 0.6 is 11.8 Å². The van der Waals surface area contributed by atoms with Gasteiger partial charge in [-0.3, -0.25) is 0 Å². The monoisotopic (exact) mass is 245 g/mol. The molecule has 1 aliphatic rings. The Kier molecular flexibility index (Phi) is 2.33. The molecule has 2 aromatic rings. The Labute approximate surface area is 103 Å². The van der Waals surface area contributed by atoms with Crippen molar-refractivity contribution >= 4 is 23.3 Å². The van der Waals surface area contributed by atoms with E-state index in [2.05, 4.69) is 10.3 Å². The van der Waals surface area contributed by atoms with Crippen molar-refractivity contribution in [2.24, 2.45) is 0 Å². The standard InChI is InChI=1S/C12H11N3OS/c13-11-4-1-7(6-14-11)12-15-9-3-2-8(16)5-10(9)17-12/h1-6,12,15-16H,(H2,13,14). The van der Waals surface area contributed by atoms with E-state index in [4.69, 9.17) is 5.73 Å². The molecule has 0 saturated carbocycles. The Balaban J connectivity index is 1.88. The van der Waals surface area contributed by atoms with Crippen molar-refractivity contribution in [1.82, 2.24) is 4.98 Å². The van der Waals surface area contributed by atoms with Crippen LogP contribution in [0.4, 0.5) is 11.5 Å². The number of fused-ring (bicyclic) bond motifs is 1. The van der Waals surface area contributed by atoms with Gasteiger partial charge in [-0.25, -0.2) is 4.98 Å². The molecule has 0 bridgehead atoms. The number of nitrogens with two attached hydrogens (primary N) is 1. The van der Waals surface area contributed by atoms with Crippen LogP contribution in [0.5, 0.6) is 5.75 Å². The van der Waals surface area contributed by atoms with Crippen LogP contribution in [-0.2, 0) is 0 Å². The maximum Gasteiger partial charge on any atom is 0.123 e. The summed E-state index contributed by atoms with van der Waals surface area (Å²) >= 11 is 1.66. The number of thioether (sulfide) groups is 1. The van der Waals surface area contributed by atoms with Gasteiger partial charge in [-0.2, -0.15) is 0 Å². The highest BCUT2D eigenvalue weighted by molar-refractivity contribution is 8.00. The maximum atomic E-state index is 9.42. The van der Waals surface area contributed by atoms with Crippen LogP contribution in [0.2, 0.25) is 0 Å². The molecule has 0 saturated heterocycles. The zero-order valence-corrected chi connectivity index (χ0v) is 9.74. The summed E-state index contributed by atoms with van der Waals surface area (Å²) in [6, 6.07) is 9.06. The molecule has 1 unspecified atom stereocenters. The Bertz CT molecular complexity index is 556. The minimum Gasteiger partial charge on any atom is -0.508 e.